The van der Waals surface area contributed by atoms with Crippen molar-refractivity contribution in [3.63, 3.8) is 0 Å². The average Bonchev–Trinajstić information content (AvgIpc) is 2.92. The highest BCUT2D eigenvalue weighted by atomic mass is 35.5. The number of aliphatic hydroxyl groups excluding tert-OH is 1. The average molecular weight is 576 g/mol. The molecule has 10 heteroatoms. The maximum atomic E-state index is 12.8. The predicted octanol–water partition coefficient (Wildman–Crippen LogP) is 5.03. The molecule has 0 spiro atoms. The fourth-order valence-electron chi connectivity index (χ4n) is 4.27. The van der Waals surface area contributed by atoms with E-state index in [1.54, 1.807) is 24.1 Å². The fourth-order valence-corrected chi connectivity index (χ4v) is 4.73. The number of nitrogens with zero attached hydrogens (tertiary/aromatic N) is 1. The van der Waals surface area contributed by atoms with Gasteiger partial charge in [0, 0.05) is 25.2 Å². The smallest absolute Gasteiger partial charge is 0.255 e. The maximum absolute atomic E-state index is 12.8. The molecule has 0 bridgehead atoms. The predicted molar refractivity (Wildman–Crippen MR) is 150 cm³/mol. The number of aliphatic hydroxyl groups is 1. The summed E-state index contributed by atoms with van der Waals surface area (Å²) in [4.78, 5) is 14.5. The third-order valence-corrected chi connectivity index (χ3v) is 7.64. The Morgan fingerprint density at radius 2 is 1.76 bits per heavy atom. The Balaban J connectivity index is 0.00000481. The van der Waals surface area contributed by atoms with Crippen LogP contribution in [0.2, 0.25) is 10.0 Å². The summed E-state index contributed by atoms with van der Waals surface area (Å²) >= 11 is 12.8. The van der Waals surface area contributed by atoms with Crippen LogP contribution in [0.4, 0.5) is 0 Å². The molecule has 2 N–H and O–H groups in total. The Hall–Kier alpha value is -1.74. The van der Waals surface area contributed by atoms with Crippen molar-refractivity contribution in [2.75, 3.05) is 46.6 Å². The first-order chi connectivity index (χ1) is 17.3. The minimum Gasteiger partial charge on any atom is -0.497 e. The first kappa shape index (κ1) is 31.5. The molecule has 1 amide bonds. The number of hydrogen-bond donors (Lipinski definition) is 2. The van der Waals surface area contributed by atoms with Gasteiger partial charge in [0.2, 0.25) is 0 Å². The molecule has 1 saturated heterocycles. The maximum Gasteiger partial charge on any atom is 0.255 e. The highest BCUT2D eigenvalue weighted by Crippen LogP contribution is 2.35. The molecular formula is C27H37Cl3N2O5. The molecule has 37 heavy (non-hydrogen) atoms. The lowest BCUT2D eigenvalue weighted by atomic mass is 9.85. The number of carbonyl (C=O) groups excluding carboxylic acids is 1. The number of ether oxygens (including phenoxy) is 3. The molecule has 3 rings (SSSR count). The summed E-state index contributed by atoms with van der Waals surface area (Å²) in [5.41, 5.74) is 1.37. The van der Waals surface area contributed by atoms with Crippen molar-refractivity contribution in [2.24, 2.45) is 0 Å². The zero-order valence-corrected chi connectivity index (χ0v) is 23.9. The Morgan fingerprint density at radius 1 is 1.11 bits per heavy atom. The van der Waals surface area contributed by atoms with Crippen LogP contribution in [0.5, 0.6) is 11.5 Å². The topological polar surface area (TPSA) is 80.3 Å². The van der Waals surface area contributed by atoms with Gasteiger partial charge in [-0.2, -0.15) is 0 Å². The van der Waals surface area contributed by atoms with E-state index in [9.17, 15) is 9.90 Å². The van der Waals surface area contributed by atoms with Crippen molar-refractivity contribution in [3.05, 3.63) is 57.6 Å². The van der Waals surface area contributed by atoms with Gasteiger partial charge < -0.3 is 29.5 Å². The number of hydrogen-bond acceptors (Lipinski definition) is 6. The van der Waals surface area contributed by atoms with Gasteiger partial charge >= 0.3 is 0 Å². The zero-order valence-electron chi connectivity index (χ0n) is 21.6. The molecule has 1 heterocycles. The van der Waals surface area contributed by atoms with E-state index in [4.69, 9.17) is 37.4 Å². The molecule has 2 aromatic carbocycles. The van der Waals surface area contributed by atoms with Gasteiger partial charge in [0.1, 0.15) is 29.2 Å². The molecule has 0 radical (unpaired) electrons. The van der Waals surface area contributed by atoms with Crippen LogP contribution in [-0.4, -0.2) is 74.1 Å². The summed E-state index contributed by atoms with van der Waals surface area (Å²) in [6.45, 7) is 6.71. The quantitative estimate of drug-likeness (QED) is 0.370. The molecule has 1 aliphatic heterocycles. The minimum absolute atomic E-state index is 0. The number of methoxy groups -OCH3 is 1. The van der Waals surface area contributed by atoms with Crippen LogP contribution in [0.15, 0.2) is 36.4 Å². The van der Waals surface area contributed by atoms with E-state index in [0.29, 0.717) is 44.2 Å². The number of β-amino-alcohol motifs (C(OH)–C–C–N with tert-alkyl or cyclic N) is 1. The van der Waals surface area contributed by atoms with E-state index in [2.05, 4.69) is 31.3 Å². The zero-order chi connectivity index (χ0) is 26.1. The largest absolute Gasteiger partial charge is 0.497 e. The molecule has 0 saturated carbocycles. The van der Waals surface area contributed by atoms with Gasteiger partial charge in [-0.15, -0.1) is 12.4 Å². The summed E-state index contributed by atoms with van der Waals surface area (Å²) < 4.78 is 16.3. The van der Waals surface area contributed by atoms with Crippen molar-refractivity contribution in [1.29, 1.82) is 0 Å². The van der Waals surface area contributed by atoms with Crippen LogP contribution in [0, 0.1) is 0 Å². The molecular weight excluding hydrogens is 539 g/mol. The number of halogens is 3. The number of rotatable bonds is 12. The van der Waals surface area contributed by atoms with Crippen LogP contribution < -0.4 is 14.8 Å². The summed E-state index contributed by atoms with van der Waals surface area (Å²) in [7, 11) is 1.66. The Labute approximate surface area is 235 Å². The van der Waals surface area contributed by atoms with Crippen LogP contribution in [0.3, 0.4) is 0 Å². The normalized spacial score (nSPS) is 14.6. The molecule has 1 atom stereocenters. The number of benzene rings is 2. The third-order valence-electron chi connectivity index (χ3n) is 6.77. The second-order valence-electron chi connectivity index (χ2n) is 9.00. The Morgan fingerprint density at radius 3 is 2.35 bits per heavy atom. The molecule has 0 aliphatic carbocycles. The summed E-state index contributed by atoms with van der Waals surface area (Å²) in [6, 6.07) is 11.3. The van der Waals surface area contributed by atoms with Crippen LogP contribution in [-0.2, 0) is 11.2 Å². The van der Waals surface area contributed by atoms with Gasteiger partial charge in [-0.05, 0) is 49.1 Å². The van der Waals surface area contributed by atoms with Gasteiger partial charge in [0.25, 0.3) is 5.91 Å². The van der Waals surface area contributed by atoms with Gasteiger partial charge in [-0.25, -0.2) is 0 Å². The van der Waals surface area contributed by atoms with E-state index in [0.717, 1.165) is 25.0 Å². The lowest BCUT2D eigenvalue weighted by Gasteiger charge is -2.34. The van der Waals surface area contributed by atoms with Gasteiger partial charge in [0.15, 0.2) is 0 Å². The van der Waals surface area contributed by atoms with Gasteiger partial charge in [0.05, 0.1) is 30.9 Å². The highest BCUT2D eigenvalue weighted by Gasteiger charge is 2.27. The SMILES string of the molecule is CCC(CC)(Cc1ccc(OC)cc1)NCC(O)COc1ccc(C(=O)N2CCOCC2)c(Cl)c1Cl.Cl. The number of nitrogens with one attached hydrogen (secondary N) is 1. The number of amides is 1. The van der Waals surface area contributed by atoms with Crippen molar-refractivity contribution in [1.82, 2.24) is 10.2 Å². The first-order valence-corrected chi connectivity index (χ1v) is 13.1. The van der Waals surface area contributed by atoms with E-state index in [-0.39, 0.29) is 40.5 Å². The van der Waals surface area contributed by atoms with Crippen molar-refractivity contribution in [2.45, 2.75) is 44.8 Å². The molecule has 1 aliphatic rings. The lowest BCUT2D eigenvalue weighted by Crippen LogP contribution is -2.49. The van der Waals surface area contributed by atoms with Crippen LogP contribution in [0.25, 0.3) is 0 Å². The van der Waals surface area contributed by atoms with Gasteiger partial charge in [-0.3, -0.25) is 4.79 Å². The van der Waals surface area contributed by atoms with E-state index < -0.39 is 6.10 Å². The lowest BCUT2D eigenvalue weighted by molar-refractivity contribution is 0.0303. The molecule has 206 valence electrons. The molecule has 0 aromatic heterocycles. The molecule has 1 unspecified atom stereocenters. The van der Waals surface area contributed by atoms with Crippen molar-refractivity contribution < 1.29 is 24.1 Å². The summed E-state index contributed by atoms with van der Waals surface area (Å²) in [6.07, 6.45) is 1.88. The molecule has 1 fully saturated rings. The van der Waals surface area contributed by atoms with Crippen LogP contribution in [0.1, 0.15) is 42.6 Å². The minimum atomic E-state index is -0.761. The van der Waals surface area contributed by atoms with E-state index in [1.165, 1.54) is 5.56 Å². The number of carbonyl (C=O) groups is 1. The Kier molecular flexibility index (Phi) is 12.8. The third kappa shape index (κ3) is 8.37. The summed E-state index contributed by atoms with van der Waals surface area (Å²) in [5, 5.41) is 14.5. The van der Waals surface area contributed by atoms with Gasteiger partial charge in [-0.1, -0.05) is 49.2 Å². The molecule has 2 aromatic rings. The van der Waals surface area contributed by atoms with Crippen LogP contribution >= 0.6 is 35.6 Å². The highest BCUT2D eigenvalue weighted by molar-refractivity contribution is 6.44. The monoisotopic (exact) mass is 574 g/mol. The Bertz CT molecular complexity index is 996. The van der Waals surface area contributed by atoms with Crippen molar-refractivity contribution >= 4 is 41.5 Å². The van der Waals surface area contributed by atoms with E-state index >= 15 is 0 Å². The molecule has 7 nitrogen and oxygen atoms in total. The van der Waals surface area contributed by atoms with Crippen molar-refractivity contribution in [3.8, 4) is 11.5 Å². The number of morpholine rings is 1. The fraction of sp³-hybridized carbons (Fsp3) is 0.519. The summed E-state index contributed by atoms with van der Waals surface area (Å²) in [5.74, 6) is 0.971. The standard InChI is InChI=1S/C27H36Cl2N2O5.ClH/c1-4-27(5-2,16-19-6-8-21(34-3)9-7-19)30-17-20(32)18-36-23-11-10-22(24(28)25(23)29)26(33)31-12-14-35-15-13-31;/h6-11,20,30,32H,4-5,12-18H2,1-3H3;1H. The van der Waals surface area contributed by atoms with E-state index in [1.807, 2.05) is 12.1 Å². The first-order valence-electron chi connectivity index (χ1n) is 12.4. The second-order valence-corrected chi connectivity index (χ2v) is 9.76. The second kappa shape index (κ2) is 15.0.